The first-order valence-electron chi connectivity index (χ1n) is 10.2. The summed E-state index contributed by atoms with van der Waals surface area (Å²) in [7, 11) is 0. The number of non-ortho nitro benzene ring substituents is 1. The van der Waals surface area contributed by atoms with Gasteiger partial charge in [0.25, 0.3) is 17.5 Å². The number of anilines is 1. The molecule has 1 fully saturated rings. The van der Waals surface area contributed by atoms with E-state index in [0.717, 1.165) is 11.6 Å². The second-order valence-corrected chi connectivity index (χ2v) is 8.74. The van der Waals surface area contributed by atoms with E-state index >= 15 is 0 Å². The largest absolute Gasteiger partial charge is 0.487 e. The second-order valence-electron chi connectivity index (χ2n) is 7.46. The number of hydrogen-bond donors (Lipinski definition) is 1. The third-order valence-corrected chi connectivity index (χ3v) is 5.74. The van der Waals surface area contributed by atoms with Crippen LogP contribution >= 0.6 is 34.8 Å². The van der Waals surface area contributed by atoms with Crippen LogP contribution in [0, 0.1) is 10.1 Å². The highest BCUT2D eigenvalue weighted by Crippen LogP contribution is 2.35. The van der Waals surface area contributed by atoms with Crippen LogP contribution in [0.2, 0.25) is 15.1 Å². The number of nitro groups is 1. The summed E-state index contributed by atoms with van der Waals surface area (Å²) in [6, 6.07) is 13.6. The molecule has 0 aromatic heterocycles. The van der Waals surface area contributed by atoms with E-state index in [4.69, 9.17) is 39.5 Å². The van der Waals surface area contributed by atoms with Crippen LogP contribution in [0.4, 0.5) is 16.2 Å². The molecule has 0 spiro atoms. The van der Waals surface area contributed by atoms with E-state index in [1.807, 2.05) is 0 Å². The van der Waals surface area contributed by atoms with Gasteiger partial charge in [0.15, 0.2) is 0 Å². The molecule has 9 nitrogen and oxygen atoms in total. The van der Waals surface area contributed by atoms with Gasteiger partial charge in [0.05, 0.1) is 15.6 Å². The Hall–Kier alpha value is -3.92. The maximum Gasteiger partial charge on any atom is 0.335 e. The fourth-order valence-corrected chi connectivity index (χ4v) is 4.19. The van der Waals surface area contributed by atoms with Crippen LogP contribution in [-0.2, 0) is 16.2 Å². The van der Waals surface area contributed by atoms with E-state index in [0.29, 0.717) is 9.92 Å². The van der Waals surface area contributed by atoms with Gasteiger partial charge in [0.2, 0.25) is 0 Å². The topological polar surface area (TPSA) is 119 Å². The van der Waals surface area contributed by atoms with Gasteiger partial charge < -0.3 is 4.74 Å². The van der Waals surface area contributed by atoms with Gasteiger partial charge in [0.1, 0.15) is 17.9 Å². The van der Waals surface area contributed by atoms with Crippen molar-refractivity contribution < 1.29 is 24.0 Å². The first-order chi connectivity index (χ1) is 17.1. The smallest absolute Gasteiger partial charge is 0.335 e. The number of nitrogens with zero attached hydrogens (tertiary/aromatic N) is 2. The normalized spacial score (nSPS) is 14.7. The number of imide groups is 2. The first-order valence-corrected chi connectivity index (χ1v) is 11.3. The number of nitrogens with one attached hydrogen (secondary N) is 1. The van der Waals surface area contributed by atoms with Crippen LogP contribution in [0.25, 0.3) is 6.08 Å². The Morgan fingerprint density at radius 3 is 2.44 bits per heavy atom. The molecule has 12 heteroatoms. The van der Waals surface area contributed by atoms with Crippen LogP contribution in [-0.4, -0.2) is 22.8 Å². The SMILES string of the molecule is O=C1NC(=O)N(c2cccc([N+](=O)[O-])c2)C(=O)/C1=C/c1cc(Cl)cc(Cl)c1OCc1cccc(Cl)c1. The van der Waals surface area contributed by atoms with Gasteiger partial charge in [-0.05, 0) is 42.0 Å². The molecule has 4 rings (SSSR count). The number of rotatable bonds is 6. The number of nitro benzene ring substituents is 1. The molecule has 0 radical (unpaired) electrons. The minimum absolute atomic E-state index is 0.0660. The Kier molecular flexibility index (Phi) is 7.25. The number of hydrogen-bond acceptors (Lipinski definition) is 6. The van der Waals surface area contributed by atoms with Crippen molar-refractivity contribution in [2.75, 3.05) is 4.90 Å². The summed E-state index contributed by atoms with van der Waals surface area (Å²) >= 11 is 18.5. The van der Waals surface area contributed by atoms with Crippen LogP contribution in [0.1, 0.15) is 11.1 Å². The molecule has 0 bridgehead atoms. The van der Waals surface area contributed by atoms with Crippen LogP contribution in [0.15, 0.2) is 66.2 Å². The molecule has 3 aromatic carbocycles. The minimum atomic E-state index is -1.05. The van der Waals surface area contributed by atoms with Crippen molar-refractivity contribution in [1.29, 1.82) is 0 Å². The summed E-state index contributed by atoms with van der Waals surface area (Å²) in [5.74, 6) is -1.84. The monoisotopic (exact) mass is 545 g/mol. The predicted molar refractivity (Wildman–Crippen MR) is 134 cm³/mol. The lowest BCUT2D eigenvalue weighted by molar-refractivity contribution is -0.384. The number of urea groups is 1. The van der Waals surface area contributed by atoms with Crippen molar-refractivity contribution in [1.82, 2.24) is 5.32 Å². The molecule has 0 saturated carbocycles. The number of amides is 4. The summed E-state index contributed by atoms with van der Waals surface area (Å²) in [5.41, 5.74) is 0.0648. The molecule has 0 aliphatic carbocycles. The maximum atomic E-state index is 13.2. The van der Waals surface area contributed by atoms with Crippen molar-refractivity contribution in [3.8, 4) is 5.75 Å². The molecule has 4 amide bonds. The highest BCUT2D eigenvalue weighted by molar-refractivity contribution is 6.40. The molecule has 0 unspecified atom stereocenters. The van der Waals surface area contributed by atoms with E-state index in [1.54, 1.807) is 24.3 Å². The molecule has 1 heterocycles. The Labute approximate surface area is 219 Å². The highest BCUT2D eigenvalue weighted by Gasteiger charge is 2.37. The molecule has 0 atom stereocenters. The predicted octanol–water partition coefficient (Wildman–Crippen LogP) is 5.80. The van der Waals surface area contributed by atoms with E-state index in [9.17, 15) is 24.5 Å². The van der Waals surface area contributed by atoms with E-state index in [1.165, 1.54) is 36.4 Å². The van der Waals surface area contributed by atoms with Crippen molar-refractivity contribution in [2.45, 2.75) is 6.61 Å². The van der Waals surface area contributed by atoms with Gasteiger partial charge in [-0.3, -0.25) is 25.0 Å². The number of halogens is 3. The average molecular weight is 547 g/mol. The van der Waals surface area contributed by atoms with Crippen LogP contribution in [0.5, 0.6) is 5.75 Å². The van der Waals surface area contributed by atoms with E-state index < -0.39 is 28.3 Å². The number of ether oxygens (including phenoxy) is 1. The van der Waals surface area contributed by atoms with Gasteiger partial charge in [-0.1, -0.05) is 53.0 Å². The van der Waals surface area contributed by atoms with Crippen molar-refractivity contribution in [3.63, 3.8) is 0 Å². The number of benzene rings is 3. The summed E-state index contributed by atoms with van der Waals surface area (Å²) in [4.78, 5) is 49.3. The Morgan fingerprint density at radius 2 is 1.72 bits per heavy atom. The lowest BCUT2D eigenvalue weighted by Crippen LogP contribution is -2.54. The van der Waals surface area contributed by atoms with Gasteiger partial charge in [-0.15, -0.1) is 0 Å². The Morgan fingerprint density at radius 1 is 0.972 bits per heavy atom. The summed E-state index contributed by atoms with van der Waals surface area (Å²) in [5, 5.41) is 14.0. The molecule has 1 aliphatic rings. The zero-order valence-corrected chi connectivity index (χ0v) is 20.3. The van der Waals surface area contributed by atoms with Gasteiger partial charge >= 0.3 is 6.03 Å². The van der Waals surface area contributed by atoms with Crippen LogP contribution in [0.3, 0.4) is 0 Å². The molecule has 1 N–H and O–H groups in total. The standard InChI is InChI=1S/C24H14Cl3N3O6/c25-15-4-1-3-13(7-15)12-36-21-14(8-16(26)10-20(21)27)9-19-22(31)28-24(33)29(23(19)32)17-5-2-6-18(11-17)30(34)35/h1-11H,12H2,(H,28,31,33)/b19-9+. The highest BCUT2D eigenvalue weighted by atomic mass is 35.5. The zero-order valence-electron chi connectivity index (χ0n) is 18.0. The quantitative estimate of drug-likeness (QED) is 0.181. The fourth-order valence-electron chi connectivity index (χ4n) is 3.42. The minimum Gasteiger partial charge on any atom is -0.487 e. The molecule has 182 valence electrons. The van der Waals surface area contributed by atoms with Crippen molar-refractivity contribution in [3.05, 3.63) is 103 Å². The number of barbiturate groups is 1. The van der Waals surface area contributed by atoms with Gasteiger partial charge in [-0.25, -0.2) is 9.69 Å². The van der Waals surface area contributed by atoms with E-state index in [-0.39, 0.29) is 39.3 Å². The summed E-state index contributed by atoms with van der Waals surface area (Å²) < 4.78 is 5.86. The first kappa shape index (κ1) is 25.2. The zero-order chi connectivity index (χ0) is 26.0. The second kappa shape index (κ2) is 10.4. The summed E-state index contributed by atoms with van der Waals surface area (Å²) in [6.45, 7) is 0.0660. The lowest BCUT2D eigenvalue weighted by Gasteiger charge is -2.26. The lowest BCUT2D eigenvalue weighted by atomic mass is 10.1. The van der Waals surface area contributed by atoms with Crippen molar-refractivity contribution >= 4 is 70.1 Å². The molecule has 1 saturated heterocycles. The number of carbonyl (C=O) groups is 3. The number of carbonyl (C=O) groups excluding carboxylic acids is 3. The third-order valence-electron chi connectivity index (χ3n) is 5.01. The van der Waals surface area contributed by atoms with E-state index in [2.05, 4.69) is 5.32 Å². The maximum absolute atomic E-state index is 13.2. The van der Waals surface area contributed by atoms with Crippen molar-refractivity contribution in [2.24, 2.45) is 0 Å². The molecular weight excluding hydrogens is 533 g/mol. The summed E-state index contributed by atoms with van der Waals surface area (Å²) in [6.07, 6.45) is 1.18. The van der Waals surface area contributed by atoms with Crippen LogP contribution < -0.4 is 15.0 Å². The molecular formula is C24H14Cl3N3O6. The Balaban J connectivity index is 1.72. The molecule has 3 aromatic rings. The average Bonchev–Trinajstić information content (AvgIpc) is 2.81. The fraction of sp³-hybridized carbons (Fsp3) is 0.0417. The van der Waals surface area contributed by atoms with Gasteiger partial charge in [0, 0.05) is 27.7 Å². The van der Waals surface area contributed by atoms with Gasteiger partial charge in [-0.2, -0.15) is 0 Å². The molecule has 36 heavy (non-hydrogen) atoms. The Bertz CT molecular complexity index is 1460. The molecule has 1 aliphatic heterocycles. The third kappa shape index (κ3) is 5.33.